The highest BCUT2D eigenvalue weighted by Gasteiger charge is 2.22. The van der Waals surface area contributed by atoms with Crippen LogP contribution in [0.5, 0.6) is 5.75 Å². The van der Waals surface area contributed by atoms with Crippen molar-refractivity contribution in [1.82, 2.24) is 5.32 Å². The highest BCUT2D eigenvalue weighted by Crippen LogP contribution is 2.33. The molecule has 2 aromatic rings. The van der Waals surface area contributed by atoms with E-state index in [0.29, 0.717) is 17.7 Å². The third kappa shape index (κ3) is 5.32. The van der Waals surface area contributed by atoms with Crippen LogP contribution in [0.2, 0.25) is 0 Å². The minimum Gasteiger partial charge on any atom is -0.508 e. The molecule has 1 unspecified atom stereocenters. The molecule has 0 amide bonds. The van der Waals surface area contributed by atoms with Crippen molar-refractivity contribution in [2.24, 2.45) is 5.92 Å². The Labute approximate surface area is 150 Å². The Morgan fingerprint density at radius 2 is 1.60 bits per heavy atom. The molecule has 3 N–H and O–H groups in total. The average molecular weight is 339 g/mol. The van der Waals surface area contributed by atoms with Crippen molar-refractivity contribution in [3.63, 3.8) is 0 Å². The molecular weight excluding hydrogens is 310 g/mol. The van der Waals surface area contributed by atoms with Gasteiger partial charge in [0.25, 0.3) is 0 Å². The molecule has 25 heavy (non-hydrogen) atoms. The maximum Gasteiger partial charge on any atom is 0.115 e. The van der Waals surface area contributed by atoms with Gasteiger partial charge in [-0.3, -0.25) is 0 Å². The molecule has 0 radical (unpaired) electrons. The van der Waals surface area contributed by atoms with Gasteiger partial charge in [0.2, 0.25) is 0 Å². The smallest absolute Gasteiger partial charge is 0.115 e. The predicted molar refractivity (Wildman–Crippen MR) is 102 cm³/mol. The summed E-state index contributed by atoms with van der Waals surface area (Å²) in [6, 6.07) is 18.6. The maximum atomic E-state index is 9.67. The summed E-state index contributed by atoms with van der Waals surface area (Å²) in [7, 11) is 0. The first kappa shape index (κ1) is 18.0. The third-order valence-electron chi connectivity index (χ3n) is 5.41. The summed E-state index contributed by atoms with van der Waals surface area (Å²) in [6.07, 6.45) is 5.65. The van der Waals surface area contributed by atoms with E-state index in [9.17, 15) is 10.2 Å². The molecule has 1 saturated carbocycles. The van der Waals surface area contributed by atoms with Gasteiger partial charge in [0.15, 0.2) is 0 Å². The molecular formula is C22H29NO2. The second-order valence-electron chi connectivity index (χ2n) is 7.29. The first-order chi connectivity index (χ1) is 12.2. The summed E-state index contributed by atoms with van der Waals surface area (Å²) in [5, 5.41) is 22.8. The van der Waals surface area contributed by atoms with Crippen LogP contribution >= 0.6 is 0 Å². The van der Waals surface area contributed by atoms with Gasteiger partial charge in [-0.2, -0.15) is 0 Å². The molecule has 3 nitrogen and oxygen atoms in total. The van der Waals surface area contributed by atoms with Crippen LogP contribution in [0, 0.1) is 5.92 Å². The molecule has 0 saturated heterocycles. The lowest BCUT2D eigenvalue weighted by Gasteiger charge is -2.30. The molecule has 1 atom stereocenters. The topological polar surface area (TPSA) is 52.5 Å². The van der Waals surface area contributed by atoms with E-state index in [1.165, 1.54) is 36.8 Å². The average Bonchev–Trinajstić information content (AvgIpc) is 2.67. The van der Waals surface area contributed by atoms with Gasteiger partial charge in [-0.15, -0.1) is 0 Å². The minimum absolute atomic E-state index is 0.227. The lowest BCUT2D eigenvalue weighted by molar-refractivity contribution is 0.212. The first-order valence-electron chi connectivity index (χ1n) is 9.41. The minimum atomic E-state index is 0.227. The molecule has 2 aromatic carbocycles. The van der Waals surface area contributed by atoms with E-state index in [-0.39, 0.29) is 12.5 Å². The van der Waals surface area contributed by atoms with Crippen molar-refractivity contribution >= 4 is 0 Å². The van der Waals surface area contributed by atoms with E-state index in [1.807, 2.05) is 6.07 Å². The Bertz CT molecular complexity index is 618. The molecule has 134 valence electrons. The van der Waals surface area contributed by atoms with Crippen LogP contribution in [0.25, 0.3) is 0 Å². The summed E-state index contributed by atoms with van der Waals surface area (Å²) >= 11 is 0. The number of nitrogens with one attached hydrogen (secondary N) is 1. The number of aliphatic hydroxyl groups is 1. The van der Waals surface area contributed by atoms with Gasteiger partial charge < -0.3 is 15.5 Å². The standard InChI is InChI=1S/C22H29NO2/c24-16-18(14-17-4-2-1-3-5-17)15-23-21-10-6-19(7-11-21)20-8-12-22(25)13-9-20/h1-5,8-9,12-13,18-19,21,23-25H,6-7,10-11,14-16H2/t18?,19-,21-. The molecule has 1 fully saturated rings. The predicted octanol–water partition coefficient (Wildman–Crippen LogP) is 3.86. The van der Waals surface area contributed by atoms with Crippen molar-refractivity contribution in [2.45, 2.75) is 44.1 Å². The number of aliphatic hydroxyl groups excluding tert-OH is 1. The maximum absolute atomic E-state index is 9.67. The first-order valence-corrected chi connectivity index (χ1v) is 9.41. The normalized spacial score (nSPS) is 21.8. The van der Waals surface area contributed by atoms with Crippen LogP contribution in [-0.2, 0) is 6.42 Å². The van der Waals surface area contributed by atoms with Crippen LogP contribution in [0.15, 0.2) is 54.6 Å². The highest BCUT2D eigenvalue weighted by atomic mass is 16.3. The molecule has 3 rings (SSSR count). The van der Waals surface area contributed by atoms with Gasteiger partial charge in [-0.1, -0.05) is 42.5 Å². The SMILES string of the molecule is OCC(CN[C@H]1CC[C@H](c2ccc(O)cc2)CC1)Cc1ccccc1. The van der Waals surface area contributed by atoms with E-state index in [4.69, 9.17) is 0 Å². The number of benzene rings is 2. The summed E-state index contributed by atoms with van der Waals surface area (Å²) in [5.41, 5.74) is 2.63. The molecule has 0 spiro atoms. The molecule has 0 heterocycles. The van der Waals surface area contributed by atoms with Crippen LogP contribution in [0.1, 0.15) is 42.7 Å². The largest absolute Gasteiger partial charge is 0.508 e. The Balaban J connectivity index is 1.43. The van der Waals surface area contributed by atoms with Crippen molar-refractivity contribution in [2.75, 3.05) is 13.2 Å². The second kappa shape index (κ2) is 9.02. The van der Waals surface area contributed by atoms with Crippen molar-refractivity contribution in [3.8, 4) is 5.75 Å². The number of hydrogen-bond donors (Lipinski definition) is 3. The van der Waals surface area contributed by atoms with Gasteiger partial charge >= 0.3 is 0 Å². The van der Waals surface area contributed by atoms with E-state index in [1.54, 1.807) is 12.1 Å². The molecule has 1 aliphatic carbocycles. The van der Waals surface area contributed by atoms with Crippen LogP contribution in [0.3, 0.4) is 0 Å². The van der Waals surface area contributed by atoms with Gasteiger partial charge in [0, 0.05) is 19.2 Å². The number of aromatic hydroxyl groups is 1. The fourth-order valence-electron chi connectivity index (χ4n) is 3.86. The zero-order valence-electron chi connectivity index (χ0n) is 14.8. The summed E-state index contributed by atoms with van der Waals surface area (Å²) < 4.78 is 0. The lowest BCUT2D eigenvalue weighted by atomic mass is 9.81. The molecule has 0 bridgehead atoms. The van der Waals surface area contributed by atoms with Crippen molar-refractivity contribution in [1.29, 1.82) is 0 Å². The number of hydrogen-bond acceptors (Lipinski definition) is 3. The fraction of sp³-hybridized carbons (Fsp3) is 0.455. The van der Waals surface area contributed by atoms with E-state index in [2.05, 4.69) is 41.7 Å². The van der Waals surface area contributed by atoms with Crippen LogP contribution < -0.4 is 5.32 Å². The molecule has 0 aliphatic heterocycles. The Hall–Kier alpha value is -1.84. The van der Waals surface area contributed by atoms with E-state index >= 15 is 0 Å². The van der Waals surface area contributed by atoms with Gasteiger partial charge in [-0.25, -0.2) is 0 Å². The zero-order valence-corrected chi connectivity index (χ0v) is 14.8. The highest BCUT2D eigenvalue weighted by molar-refractivity contribution is 5.28. The van der Waals surface area contributed by atoms with Gasteiger partial charge in [0.05, 0.1) is 0 Å². The fourth-order valence-corrected chi connectivity index (χ4v) is 3.86. The zero-order chi connectivity index (χ0) is 17.5. The molecule has 0 aromatic heterocycles. The number of rotatable bonds is 7. The summed E-state index contributed by atoms with van der Waals surface area (Å²) in [4.78, 5) is 0. The Morgan fingerprint density at radius 1 is 0.920 bits per heavy atom. The van der Waals surface area contributed by atoms with E-state index < -0.39 is 0 Å². The number of phenolic OH excluding ortho intramolecular Hbond substituents is 1. The quantitative estimate of drug-likeness (QED) is 0.718. The molecule has 3 heteroatoms. The van der Waals surface area contributed by atoms with Crippen molar-refractivity contribution in [3.05, 3.63) is 65.7 Å². The summed E-state index contributed by atoms with van der Waals surface area (Å²) in [6.45, 7) is 1.10. The monoisotopic (exact) mass is 339 g/mol. The van der Waals surface area contributed by atoms with Crippen LogP contribution in [0.4, 0.5) is 0 Å². The Kier molecular flexibility index (Phi) is 6.48. The molecule has 1 aliphatic rings. The van der Waals surface area contributed by atoms with Crippen LogP contribution in [-0.4, -0.2) is 29.4 Å². The van der Waals surface area contributed by atoms with Gasteiger partial charge in [-0.05, 0) is 67.2 Å². The van der Waals surface area contributed by atoms with E-state index in [0.717, 1.165) is 13.0 Å². The summed E-state index contributed by atoms with van der Waals surface area (Å²) in [5.74, 6) is 1.22. The lowest BCUT2D eigenvalue weighted by Crippen LogP contribution is -2.37. The van der Waals surface area contributed by atoms with Gasteiger partial charge in [0.1, 0.15) is 5.75 Å². The third-order valence-corrected chi connectivity index (χ3v) is 5.41. The second-order valence-corrected chi connectivity index (χ2v) is 7.29. The Morgan fingerprint density at radius 3 is 2.24 bits per heavy atom. The number of phenols is 1. The van der Waals surface area contributed by atoms with Crippen molar-refractivity contribution < 1.29 is 10.2 Å².